The molecule has 4 nitrogen and oxygen atoms in total. The molecule has 0 amide bonds. The lowest BCUT2D eigenvalue weighted by Crippen LogP contribution is -2.43. The Kier molecular flexibility index (Phi) is 5.30. The Morgan fingerprint density at radius 2 is 1.84 bits per heavy atom. The molecule has 0 saturated heterocycles. The Balaban J connectivity index is 1.98. The van der Waals surface area contributed by atoms with Crippen molar-refractivity contribution in [3.05, 3.63) is 58.7 Å². The van der Waals surface area contributed by atoms with E-state index in [-0.39, 0.29) is 12.1 Å². The number of fused-ring (bicyclic) bond motifs is 1. The van der Waals surface area contributed by atoms with Gasteiger partial charge in [0.25, 0.3) is 0 Å². The summed E-state index contributed by atoms with van der Waals surface area (Å²) in [7, 11) is 3.36. The van der Waals surface area contributed by atoms with Crippen molar-refractivity contribution in [1.82, 2.24) is 4.90 Å². The van der Waals surface area contributed by atoms with Crippen LogP contribution in [0.2, 0.25) is 0 Å². The highest BCUT2D eigenvalue weighted by Crippen LogP contribution is 2.39. The lowest BCUT2D eigenvalue weighted by atomic mass is 9.88. The van der Waals surface area contributed by atoms with Crippen LogP contribution >= 0.6 is 0 Å². The van der Waals surface area contributed by atoms with Crippen LogP contribution in [0, 0.1) is 6.92 Å². The number of ether oxygens (including phenoxy) is 2. The number of hydrogen-bond donors (Lipinski definition) is 1. The average Bonchev–Trinajstić information content (AvgIpc) is 2.61. The van der Waals surface area contributed by atoms with E-state index in [0.717, 1.165) is 31.0 Å². The van der Waals surface area contributed by atoms with Crippen LogP contribution in [0.25, 0.3) is 0 Å². The summed E-state index contributed by atoms with van der Waals surface area (Å²) in [6, 6.07) is 13.0. The summed E-state index contributed by atoms with van der Waals surface area (Å²) in [5.74, 6) is 1.56. The highest BCUT2D eigenvalue weighted by molar-refractivity contribution is 5.50. The minimum absolute atomic E-state index is 0.0289. The third-order valence-corrected chi connectivity index (χ3v) is 5.16. The van der Waals surface area contributed by atoms with E-state index in [1.54, 1.807) is 14.2 Å². The molecule has 3 rings (SSSR count). The van der Waals surface area contributed by atoms with E-state index < -0.39 is 0 Å². The van der Waals surface area contributed by atoms with E-state index in [1.165, 1.54) is 22.3 Å². The maximum absolute atomic E-state index is 6.41. The van der Waals surface area contributed by atoms with Crippen LogP contribution in [0.3, 0.4) is 0 Å². The first-order valence-corrected chi connectivity index (χ1v) is 8.84. The molecule has 2 aromatic rings. The molecular weight excluding hydrogens is 312 g/mol. The average molecular weight is 340 g/mol. The Morgan fingerprint density at radius 1 is 1.16 bits per heavy atom. The third-order valence-electron chi connectivity index (χ3n) is 5.16. The van der Waals surface area contributed by atoms with Crippen molar-refractivity contribution in [1.29, 1.82) is 0 Å². The number of methoxy groups -OCH3 is 2. The summed E-state index contributed by atoms with van der Waals surface area (Å²) in [6.45, 7) is 6.15. The summed E-state index contributed by atoms with van der Waals surface area (Å²) >= 11 is 0. The molecule has 4 heteroatoms. The fraction of sp³-hybridized carbons (Fsp3) is 0.429. The molecule has 2 atom stereocenters. The number of benzene rings is 2. The number of nitrogens with two attached hydrogens (primary N) is 1. The Bertz CT molecular complexity index is 743. The van der Waals surface area contributed by atoms with Crippen molar-refractivity contribution in [2.75, 3.05) is 20.8 Å². The van der Waals surface area contributed by atoms with Crippen LogP contribution in [0.4, 0.5) is 0 Å². The van der Waals surface area contributed by atoms with Crippen LogP contribution < -0.4 is 15.2 Å². The van der Waals surface area contributed by atoms with Gasteiger partial charge in [0, 0.05) is 19.1 Å². The van der Waals surface area contributed by atoms with E-state index in [4.69, 9.17) is 15.2 Å². The highest BCUT2D eigenvalue weighted by Gasteiger charge is 2.31. The van der Waals surface area contributed by atoms with Gasteiger partial charge in [-0.1, -0.05) is 24.3 Å². The van der Waals surface area contributed by atoms with Crippen LogP contribution in [0.1, 0.15) is 35.2 Å². The zero-order chi connectivity index (χ0) is 18.0. The van der Waals surface area contributed by atoms with E-state index in [0.29, 0.717) is 0 Å². The summed E-state index contributed by atoms with van der Waals surface area (Å²) in [5.41, 5.74) is 11.7. The van der Waals surface area contributed by atoms with Gasteiger partial charge in [-0.05, 0) is 54.7 Å². The zero-order valence-electron chi connectivity index (χ0n) is 15.6. The standard InChI is InChI=1S/C21H28N2O2/c1-14-7-5-6-8-17(14)13-23-10-9-16-11-19(24-3)20(25-4)12-18(16)21(23)15(2)22/h5-8,11-12,15,21H,9-10,13,22H2,1-4H3/t15-,21+/m1/s1. The Hall–Kier alpha value is -2.04. The van der Waals surface area contributed by atoms with Gasteiger partial charge in [-0.2, -0.15) is 0 Å². The number of nitrogens with zero attached hydrogens (tertiary/aromatic N) is 1. The third kappa shape index (κ3) is 3.51. The summed E-state index contributed by atoms with van der Waals surface area (Å²) < 4.78 is 11.0. The Labute approximate surface area is 150 Å². The SMILES string of the molecule is COc1cc2c(cc1OC)[C@H]([C@@H](C)N)N(Cc1ccccc1C)CC2. The van der Waals surface area contributed by atoms with E-state index in [2.05, 4.69) is 55.1 Å². The maximum atomic E-state index is 6.41. The first-order chi connectivity index (χ1) is 12.0. The second kappa shape index (κ2) is 7.46. The lowest BCUT2D eigenvalue weighted by Gasteiger charge is -2.40. The van der Waals surface area contributed by atoms with Gasteiger partial charge in [-0.3, -0.25) is 4.90 Å². The van der Waals surface area contributed by atoms with Crippen molar-refractivity contribution in [3.63, 3.8) is 0 Å². The van der Waals surface area contributed by atoms with Gasteiger partial charge in [0.15, 0.2) is 11.5 Å². The molecule has 0 saturated carbocycles. The van der Waals surface area contributed by atoms with Crippen molar-refractivity contribution >= 4 is 0 Å². The number of aryl methyl sites for hydroxylation is 1. The topological polar surface area (TPSA) is 47.7 Å². The molecule has 1 heterocycles. The molecule has 0 aliphatic carbocycles. The van der Waals surface area contributed by atoms with Crippen molar-refractivity contribution in [2.45, 2.75) is 38.9 Å². The van der Waals surface area contributed by atoms with Crippen LogP contribution in [0.15, 0.2) is 36.4 Å². The van der Waals surface area contributed by atoms with Crippen LogP contribution in [-0.4, -0.2) is 31.7 Å². The van der Waals surface area contributed by atoms with Gasteiger partial charge in [-0.25, -0.2) is 0 Å². The fourth-order valence-electron chi connectivity index (χ4n) is 3.83. The van der Waals surface area contributed by atoms with E-state index in [9.17, 15) is 0 Å². The molecule has 0 spiro atoms. The molecule has 0 radical (unpaired) electrons. The monoisotopic (exact) mass is 340 g/mol. The smallest absolute Gasteiger partial charge is 0.161 e. The van der Waals surface area contributed by atoms with E-state index >= 15 is 0 Å². The lowest BCUT2D eigenvalue weighted by molar-refractivity contribution is 0.155. The summed E-state index contributed by atoms with van der Waals surface area (Å²) in [5, 5.41) is 0. The van der Waals surface area contributed by atoms with Gasteiger partial charge in [0.1, 0.15) is 0 Å². The molecule has 134 valence electrons. The summed E-state index contributed by atoms with van der Waals surface area (Å²) in [4.78, 5) is 2.49. The predicted octanol–water partition coefficient (Wildman–Crippen LogP) is 3.46. The Morgan fingerprint density at radius 3 is 2.48 bits per heavy atom. The second-order valence-corrected chi connectivity index (χ2v) is 6.86. The molecule has 2 N–H and O–H groups in total. The first kappa shape index (κ1) is 17.8. The molecule has 0 bridgehead atoms. The van der Waals surface area contributed by atoms with Crippen molar-refractivity contribution < 1.29 is 9.47 Å². The molecule has 0 unspecified atom stereocenters. The van der Waals surface area contributed by atoms with Gasteiger partial charge in [0.05, 0.1) is 20.3 Å². The van der Waals surface area contributed by atoms with Gasteiger partial charge in [0.2, 0.25) is 0 Å². The van der Waals surface area contributed by atoms with Crippen LogP contribution in [0.5, 0.6) is 11.5 Å². The van der Waals surface area contributed by atoms with Gasteiger partial charge in [-0.15, -0.1) is 0 Å². The predicted molar refractivity (Wildman–Crippen MR) is 101 cm³/mol. The van der Waals surface area contributed by atoms with E-state index in [1.807, 2.05) is 0 Å². The van der Waals surface area contributed by atoms with Gasteiger partial charge < -0.3 is 15.2 Å². The van der Waals surface area contributed by atoms with Crippen molar-refractivity contribution in [2.24, 2.45) is 5.73 Å². The molecule has 25 heavy (non-hydrogen) atoms. The molecule has 1 aliphatic heterocycles. The minimum atomic E-state index is 0.0289. The highest BCUT2D eigenvalue weighted by atomic mass is 16.5. The van der Waals surface area contributed by atoms with Gasteiger partial charge >= 0.3 is 0 Å². The molecule has 0 aromatic heterocycles. The summed E-state index contributed by atoms with van der Waals surface area (Å²) in [6.07, 6.45) is 0.991. The zero-order valence-corrected chi connectivity index (χ0v) is 15.6. The second-order valence-electron chi connectivity index (χ2n) is 6.86. The van der Waals surface area contributed by atoms with Crippen LogP contribution in [-0.2, 0) is 13.0 Å². The largest absolute Gasteiger partial charge is 0.493 e. The number of hydrogen-bond acceptors (Lipinski definition) is 4. The molecular formula is C21H28N2O2. The molecule has 0 fully saturated rings. The normalized spacial score (nSPS) is 18.5. The molecule has 1 aliphatic rings. The number of rotatable bonds is 5. The quantitative estimate of drug-likeness (QED) is 0.905. The fourth-order valence-corrected chi connectivity index (χ4v) is 3.83. The van der Waals surface area contributed by atoms with Crippen molar-refractivity contribution in [3.8, 4) is 11.5 Å². The molecule has 2 aromatic carbocycles. The maximum Gasteiger partial charge on any atom is 0.161 e. The minimum Gasteiger partial charge on any atom is -0.493 e. The first-order valence-electron chi connectivity index (χ1n) is 8.84.